The molecule has 0 spiro atoms. The van der Waals surface area contributed by atoms with Gasteiger partial charge in [0.1, 0.15) is 5.75 Å². The summed E-state index contributed by atoms with van der Waals surface area (Å²) in [5.41, 5.74) is 6.55. The Hall–Kier alpha value is -2.74. The molecule has 0 saturated carbocycles. The number of benzene rings is 2. The zero-order valence-corrected chi connectivity index (χ0v) is 15.2. The number of alkyl halides is 3. The van der Waals surface area contributed by atoms with Gasteiger partial charge in [0.05, 0.1) is 12.0 Å². The van der Waals surface area contributed by atoms with Crippen molar-refractivity contribution in [3.05, 3.63) is 64.7 Å². The molecule has 0 bridgehead atoms. The lowest BCUT2D eigenvalue weighted by molar-refractivity contribution is -0.274. The van der Waals surface area contributed by atoms with E-state index in [-0.39, 0.29) is 24.6 Å². The van der Waals surface area contributed by atoms with E-state index in [0.717, 1.165) is 0 Å². The first-order valence-corrected chi connectivity index (χ1v) is 8.72. The van der Waals surface area contributed by atoms with Gasteiger partial charge in [-0.3, -0.25) is 9.59 Å². The fraction of sp³-hybridized carbons (Fsp3) is 0.263. The maximum atomic E-state index is 12.5. The average Bonchev–Trinajstić information content (AvgIpc) is 2.97. The summed E-state index contributed by atoms with van der Waals surface area (Å²) in [6, 6.07) is 11.4. The summed E-state index contributed by atoms with van der Waals surface area (Å²) in [7, 11) is 0. The summed E-state index contributed by atoms with van der Waals surface area (Å²) in [6.45, 7) is 0.117. The SMILES string of the molecule is NC(=O)C1CC(=O)N([C@@H](c2ccc(OC(F)(F)F)cc2)c2cccc(Cl)c2)C1. The zero-order chi connectivity index (χ0) is 20.5. The fourth-order valence-electron chi connectivity index (χ4n) is 3.25. The van der Waals surface area contributed by atoms with Crippen molar-refractivity contribution in [1.29, 1.82) is 0 Å². The highest BCUT2D eigenvalue weighted by atomic mass is 35.5. The van der Waals surface area contributed by atoms with Crippen LogP contribution >= 0.6 is 11.6 Å². The highest BCUT2D eigenvalue weighted by molar-refractivity contribution is 6.30. The Balaban J connectivity index is 1.98. The largest absolute Gasteiger partial charge is 0.573 e. The van der Waals surface area contributed by atoms with E-state index in [9.17, 15) is 22.8 Å². The highest BCUT2D eigenvalue weighted by Gasteiger charge is 2.38. The smallest absolute Gasteiger partial charge is 0.406 e. The lowest BCUT2D eigenvalue weighted by Crippen LogP contribution is -2.32. The molecule has 2 atom stereocenters. The van der Waals surface area contributed by atoms with Crippen molar-refractivity contribution in [3.63, 3.8) is 0 Å². The second-order valence-corrected chi connectivity index (χ2v) is 6.86. The van der Waals surface area contributed by atoms with Crippen LogP contribution in [0, 0.1) is 5.92 Å². The maximum Gasteiger partial charge on any atom is 0.573 e. The van der Waals surface area contributed by atoms with Gasteiger partial charge in [0, 0.05) is 18.0 Å². The molecule has 1 aliphatic rings. The van der Waals surface area contributed by atoms with Crippen LogP contribution in [0.5, 0.6) is 5.75 Å². The molecule has 1 saturated heterocycles. The van der Waals surface area contributed by atoms with Crippen LogP contribution in [-0.4, -0.2) is 29.6 Å². The molecule has 2 aromatic carbocycles. The van der Waals surface area contributed by atoms with Gasteiger partial charge in [0.25, 0.3) is 0 Å². The number of primary amides is 1. The highest BCUT2D eigenvalue weighted by Crippen LogP contribution is 2.36. The third-order valence-corrected chi connectivity index (χ3v) is 4.70. The summed E-state index contributed by atoms with van der Waals surface area (Å²) in [6.07, 6.45) is -4.81. The number of nitrogens with zero attached hydrogens (tertiary/aromatic N) is 1. The molecule has 2 aromatic rings. The number of carbonyl (C=O) groups is 2. The number of amides is 2. The van der Waals surface area contributed by atoms with Crippen molar-refractivity contribution >= 4 is 23.4 Å². The van der Waals surface area contributed by atoms with Crippen LogP contribution in [0.2, 0.25) is 5.02 Å². The lowest BCUT2D eigenvalue weighted by atomic mass is 9.97. The van der Waals surface area contributed by atoms with Gasteiger partial charge in [0.2, 0.25) is 11.8 Å². The third-order valence-electron chi connectivity index (χ3n) is 4.47. The van der Waals surface area contributed by atoms with Crippen LogP contribution in [0.25, 0.3) is 0 Å². The number of rotatable bonds is 5. The number of hydrogen-bond donors (Lipinski definition) is 1. The van der Waals surface area contributed by atoms with E-state index in [1.54, 1.807) is 24.3 Å². The first-order valence-electron chi connectivity index (χ1n) is 8.34. The third kappa shape index (κ3) is 4.56. The normalized spacial score (nSPS) is 18.2. The summed E-state index contributed by atoms with van der Waals surface area (Å²) in [5.74, 6) is -1.84. The molecule has 0 aromatic heterocycles. The summed E-state index contributed by atoms with van der Waals surface area (Å²) in [5, 5.41) is 0.442. The van der Waals surface area contributed by atoms with Gasteiger partial charge < -0.3 is 15.4 Å². The predicted molar refractivity (Wildman–Crippen MR) is 95.4 cm³/mol. The molecule has 3 rings (SSSR count). The summed E-state index contributed by atoms with van der Waals surface area (Å²) >= 11 is 6.07. The minimum atomic E-state index is -4.80. The van der Waals surface area contributed by atoms with Crippen molar-refractivity contribution < 1.29 is 27.5 Å². The molecule has 5 nitrogen and oxygen atoms in total. The van der Waals surface area contributed by atoms with Gasteiger partial charge in [-0.05, 0) is 35.4 Å². The van der Waals surface area contributed by atoms with Crippen LogP contribution < -0.4 is 10.5 Å². The van der Waals surface area contributed by atoms with Crippen molar-refractivity contribution in [1.82, 2.24) is 4.90 Å². The van der Waals surface area contributed by atoms with E-state index in [0.29, 0.717) is 16.1 Å². The molecule has 2 amide bonds. The molecule has 28 heavy (non-hydrogen) atoms. The number of likely N-dealkylation sites (tertiary alicyclic amines) is 1. The standard InChI is InChI=1S/C19H16ClF3N2O3/c20-14-3-1-2-12(8-14)17(25-10-13(18(24)27)9-16(25)26)11-4-6-15(7-5-11)28-19(21,22)23/h1-8,13,17H,9-10H2,(H2,24,27)/t13?,17-/m0/s1. The van der Waals surface area contributed by atoms with Gasteiger partial charge in [-0.15, -0.1) is 13.2 Å². The van der Waals surface area contributed by atoms with Gasteiger partial charge >= 0.3 is 6.36 Å². The van der Waals surface area contributed by atoms with Crippen molar-refractivity contribution in [2.24, 2.45) is 11.7 Å². The number of hydrogen-bond acceptors (Lipinski definition) is 3. The number of halogens is 4. The van der Waals surface area contributed by atoms with Crippen LogP contribution in [0.3, 0.4) is 0 Å². The molecule has 1 aliphatic heterocycles. The molecule has 148 valence electrons. The van der Waals surface area contributed by atoms with Crippen LogP contribution in [0.4, 0.5) is 13.2 Å². The van der Waals surface area contributed by atoms with Crippen molar-refractivity contribution in [2.75, 3.05) is 6.54 Å². The van der Waals surface area contributed by atoms with Crippen LogP contribution in [0.1, 0.15) is 23.6 Å². The molecule has 0 aliphatic carbocycles. The van der Waals surface area contributed by atoms with Crippen molar-refractivity contribution in [2.45, 2.75) is 18.8 Å². The zero-order valence-electron chi connectivity index (χ0n) is 14.4. The van der Waals surface area contributed by atoms with E-state index in [4.69, 9.17) is 17.3 Å². The van der Waals surface area contributed by atoms with E-state index in [1.807, 2.05) is 0 Å². The molecule has 1 heterocycles. The molecule has 2 N–H and O–H groups in total. The summed E-state index contributed by atoms with van der Waals surface area (Å²) < 4.78 is 41.1. The average molecular weight is 413 g/mol. The van der Waals surface area contributed by atoms with Gasteiger partial charge in [-0.25, -0.2) is 0 Å². The molecule has 1 unspecified atom stereocenters. The Labute approximate surface area is 163 Å². The Morgan fingerprint density at radius 1 is 1.18 bits per heavy atom. The monoisotopic (exact) mass is 412 g/mol. The number of carbonyl (C=O) groups excluding carboxylic acids is 2. The molecular formula is C19H16ClF3N2O3. The summed E-state index contributed by atoms with van der Waals surface area (Å²) in [4.78, 5) is 25.5. The van der Waals surface area contributed by atoms with E-state index in [2.05, 4.69) is 4.74 Å². The second kappa shape index (κ2) is 7.71. The van der Waals surface area contributed by atoms with Gasteiger partial charge in [-0.1, -0.05) is 35.9 Å². The Morgan fingerprint density at radius 3 is 2.39 bits per heavy atom. The van der Waals surface area contributed by atoms with E-state index < -0.39 is 24.2 Å². The minimum absolute atomic E-state index is 0.0122. The number of nitrogens with two attached hydrogens (primary N) is 1. The molecular weight excluding hydrogens is 397 g/mol. The van der Waals surface area contributed by atoms with Gasteiger partial charge in [0.15, 0.2) is 0 Å². The molecule has 0 radical (unpaired) electrons. The quantitative estimate of drug-likeness (QED) is 0.814. The maximum absolute atomic E-state index is 12.5. The second-order valence-electron chi connectivity index (χ2n) is 6.42. The topological polar surface area (TPSA) is 72.6 Å². The van der Waals surface area contributed by atoms with Gasteiger partial charge in [-0.2, -0.15) is 0 Å². The van der Waals surface area contributed by atoms with E-state index in [1.165, 1.54) is 29.2 Å². The Bertz CT molecular complexity index is 887. The fourth-order valence-corrected chi connectivity index (χ4v) is 3.45. The minimum Gasteiger partial charge on any atom is -0.406 e. The Kier molecular flexibility index (Phi) is 5.51. The molecule has 9 heteroatoms. The first kappa shape index (κ1) is 20.0. The van der Waals surface area contributed by atoms with Crippen molar-refractivity contribution in [3.8, 4) is 5.75 Å². The first-order chi connectivity index (χ1) is 13.1. The van der Waals surface area contributed by atoms with Crippen LogP contribution in [0.15, 0.2) is 48.5 Å². The van der Waals surface area contributed by atoms with Crippen LogP contribution in [-0.2, 0) is 9.59 Å². The van der Waals surface area contributed by atoms with E-state index >= 15 is 0 Å². The number of ether oxygens (including phenoxy) is 1. The predicted octanol–water partition coefficient (Wildman–Crippen LogP) is 3.66. The lowest BCUT2D eigenvalue weighted by Gasteiger charge is -2.29. The Morgan fingerprint density at radius 2 is 1.86 bits per heavy atom. The molecule has 1 fully saturated rings.